The first-order chi connectivity index (χ1) is 5.75. The zero-order chi connectivity index (χ0) is 8.97. The minimum atomic E-state index is 0.152. The largest absolute Gasteiger partial charge is 0.397 e. The molecule has 0 radical (unpaired) electrons. The van der Waals surface area contributed by atoms with E-state index in [0.29, 0.717) is 17.1 Å². The summed E-state index contributed by atoms with van der Waals surface area (Å²) in [4.78, 5) is 0.934. The van der Waals surface area contributed by atoms with Gasteiger partial charge < -0.3 is 16.6 Å². The van der Waals surface area contributed by atoms with E-state index in [1.54, 1.807) is 6.07 Å². The molecule has 0 saturated carbocycles. The Morgan fingerprint density at radius 3 is 2.75 bits per heavy atom. The Balaban J connectivity index is 2.78. The van der Waals surface area contributed by atoms with Crippen LogP contribution in [-0.2, 0) is 0 Å². The van der Waals surface area contributed by atoms with Crippen LogP contribution in [0.2, 0.25) is 0 Å². The predicted molar refractivity (Wildman–Crippen MR) is 53.1 cm³/mol. The summed E-state index contributed by atoms with van der Waals surface area (Å²) in [5.41, 5.74) is 12.5. The molecule has 0 aromatic heterocycles. The number of nitrogens with two attached hydrogens (primary N) is 2. The second kappa shape index (κ2) is 4.23. The molecule has 3 nitrogen and oxygen atoms in total. The van der Waals surface area contributed by atoms with E-state index in [0.717, 1.165) is 4.90 Å². The maximum Gasteiger partial charge on any atom is 0.0685 e. The maximum atomic E-state index is 8.59. The second-order valence-corrected chi connectivity index (χ2v) is 3.47. The van der Waals surface area contributed by atoms with Crippen LogP contribution in [-0.4, -0.2) is 17.5 Å². The van der Waals surface area contributed by atoms with Crippen molar-refractivity contribution in [3.8, 4) is 0 Å². The number of rotatable bonds is 3. The van der Waals surface area contributed by atoms with E-state index in [4.69, 9.17) is 16.6 Å². The molecule has 0 atom stereocenters. The summed E-state index contributed by atoms with van der Waals surface area (Å²) in [6.45, 7) is 0.152. The number of aliphatic hydroxyl groups is 1. The summed E-state index contributed by atoms with van der Waals surface area (Å²) in [6.07, 6.45) is 0. The third-order valence-electron chi connectivity index (χ3n) is 1.45. The average Bonchev–Trinajstić information content (AvgIpc) is 2.08. The number of aliphatic hydroxyl groups excluding tert-OH is 1. The van der Waals surface area contributed by atoms with Crippen LogP contribution >= 0.6 is 11.8 Å². The number of nitrogen functional groups attached to an aromatic ring is 2. The fraction of sp³-hybridized carbons (Fsp3) is 0.250. The lowest BCUT2D eigenvalue weighted by Crippen LogP contribution is -1.96. The van der Waals surface area contributed by atoms with Gasteiger partial charge in [0, 0.05) is 10.6 Å². The first-order valence-corrected chi connectivity index (χ1v) is 4.62. The summed E-state index contributed by atoms with van der Waals surface area (Å²) in [5.74, 6) is 0.646. The summed E-state index contributed by atoms with van der Waals surface area (Å²) >= 11 is 1.51. The molecule has 1 rings (SSSR count). The third-order valence-corrected chi connectivity index (χ3v) is 2.50. The van der Waals surface area contributed by atoms with Gasteiger partial charge in [0.15, 0.2) is 0 Å². The Labute approximate surface area is 75.8 Å². The molecule has 0 bridgehead atoms. The third kappa shape index (κ3) is 2.06. The molecule has 0 aliphatic carbocycles. The summed E-state index contributed by atoms with van der Waals surface area (Å²) < 4.78 is 0. The van der Waals surface area contributed by atoms with Gasteiger partial charge in [0.25, 0.3) is 0 Å². The number of benzene rings is 1. The van der Waals surface area contributed by atoms with Gasteiger partial charge in [0.1, 0.15) is 0 Å². The SMILES string of the molecule is Nc1cccc(SCCO)c1N. The van der Waals surface area contributed by atoms with E-state index in [2.05, 4.69) is 0 Å². The van der Waals surface area contributed by atoms with Crippen LogP contribution in [0.15, 0.2) is 23.1 Å². The zero-order valence-electron chi connectivity index (χ0n) is 6.66. The van der Waals surface area contributed by atoms with Crippen LogP contribution in [0.1, 0.15) is 0 Å². The molecule has 1 aromatic carbocycles. The van der Waals surface area contributed by atoms with Gasteiger partial charge in [-0.3, -0.25) is 0 Å². The number of hydrogen-bond donors (Lipinski definition) is 3. The van der Waals surface area contributed by atoms with Gasteiger partial charge in [-0.05, 0) is 12.1 Å². The summed E-state index contributed by atoms with van der Waals surface area (Å²) in [7, 11) is 0. The molecule has 4 heteroatoms. The first-order valence-electron chi connectivity index (χ1n) is 3.63. The molecular weight excluding hydrogens is 172 g/mol. The highest BCUT2D eigenvalue weighted by Crippen LogP contribution is 2.28. The van der Waals surface area contributed by atoms with E-state index in [1.165, 1.54) is 11.8 Å². The molecule has 1 aromatic rings. The van der Waals surface area contributed by atoms with Crippen LogP contribution in [0, 0.1) is 0 Å². The molecule has 0 fully saturated rings. The van der Waals surface area contributed by atoms with Crippen molar-refractivity contribution in [1.82, 2.24) is 0 Å². The van der Waals surface area contributed by atoms with Crippen molar-refractivity contribution in [3.05, 3.63) is 18.2 Å². The van der Waals surface area contributed by atoms with Crippen molar-refractivity contribution in [1.29, 1.82) is 0 Å². The Kier molecular flexibility index (Phi) is 3.25. The highest BCUT2D eigenvalue weighted by atomic mass is 32.2. The predicted octanol–water partition coefficient (Wildman–Crippen LogP) is 0.935. The quantitative estimate of drug-likeness (QED) is 0.483. The molecule has 0 unspecified atom stereocenters. The molecule has 12 heavy (non-hydrogen) atoms. The maximum absolute atomic E-state index is 8.59. The monoisotopic (exact) mass is 184 g/mol. The first kappa shape index (κ1) is 9.22. The number of para-hydroxylation sites is 1. The van der Waals surface area contributed by atoms with Crippen LogP contribution < -0.4 is 11.5 Å². The van der Waals surface area contributed by atoms with Gasteiger partial charge in [-0.2, -0.15) is 0 Å². The molecular formula is C8H12N2OS. The minimum Gasteiger partial charge on any atom is -0.397 e. The summed E-state index contributed by atoms with van der Waals surface area (Å²) in [6, 6.07) is 5.51. The van der Waals surface area contributed by atoms with Crippen LogP contribution in [0.25, 0.3) is 0 Å². The van der Waals surface area contributed by atoms with E-state index >= 15 is 0 Å². The van der Waals surface area contributed by atoms with Crippen molar-refractivity contribution in [3.63, 3.8) is 0 Å². The minimum absolute atomic E-state index is 0.152. The Hall–Kier alpha value is -0.870. The van der Waals surface area contributed by atoms with Gasteiger partial charge >= 0.3 is 0 Å². The Morgan fingerprint density at radius 2 is 2.08 bits per heavy atom. The molecule has 0 heterocycles. The van der Waals surface area contributed by atoms with Gasteiger partial charge in [-0.25, -0.2) is 0 Å². The molecule has 0 amide bonds. The smallest absolute Gasteiger partial charge is 0.0685 e. The fourth-order valence-electron chi connectivity index (χ4n) is 0.842. The highest BCUT2D eigenvalue weighted by Gasteiger charge is 2.01. The van der Waals surface area contributed by atoms with Crippen molar-refractivity contribution < 1.29 is 5.11 Å². The molecule has 0 saturated heterocycles. The topological polar surface area (TPSA) is 72.3 Å². The molecule has 0 aliphatic heterocycles. The van der Waals surface area contributed by atoms with Crippen LogP contribution in [0.3, 0.4) is 0 Å². The lowest BCUT2D eigenvalue weighted by molar-refractivity contribution is 0.322. The van der Waals surface area contributed by atoms with Gasteiger partial charge in [-0.15, -0.1) is 11.8 Å². The van der Waals surface area contributed by atoms with Gasteiger partial charge in [0.2, 0.25) is 0 Å². The summed E-state index contributed by atoms with van der Waals surface area (Å²) in [5, 5.41) is 8.59. The zero-order valence-corrected chi connectivity index (χ0v) is 7.47. The number of anilines is 2. The van der Waals surface area contributed by atoms with Gasteiger partial charge in [0.05, 0.1) is 18.0 Å². The number of hydrogen-bond acceptors (Lipinski definition) is 4. The molecule has 0 aliphatic rings. The lowest BCUT2D eigenvalue weighted by Gasteiger charge is -2.05. The van der Waals surface area contributed by atoms with Crippen molar-refractivity contribution in [2.45, 2.75) is 4.90 Å². The molecule has 66 valence electrons. The van der Waals surface area contributed by atoms with E-state index in [9.17, 15) is 0 Å². The number of thioether (sulfide) groups is 1. The standard InChI is InChI=1S/C8H12N2OS/c9-6-2-1-3-7(8(6)10)12-5-4-11/h1-3,11H,4-5,9-10H2. The van der Waals surface area contributed by atoms with Crippen molar-refractivity contribution in [2.75, 3.05) is 23.8 Å². The van der Waals surface area contributed by atoms with Crippen LogP contribution in [0.5, 0.6) is 0 Å². The highest BCUT2D eigenvalue weighted by molar-refractivity contribution is 7.99. The Morgan fingerprint density at radius 1 is 1.33 bits per heavy atom. The van der Waals surface area contributed by atoms with Crippen molar-refractivity contribution >= 4 is 23.1 Å². The van der Waals surface area contributed by atoms with Crippen LogP contribution in [0.4, 0.5) is 11.4 Å². The second-order valence-electron chi connectivity index (χ2n) is 2.33. The van der Waals surface area contributed by atoms with Gasteiger partial charge in [-0.1, -0.05) is 6.07 Å². The van der Waals surface area contributed by atoms with E-state index in [1.807, 2.05) is 12.1 Å². The van der Waals surface area contributed by atoms with Crippen molar-refractivity contribution in [2.24, 2.45) is 0 Å². The average molecular weight is 184 g/mol. The lowest BCUT2D eigenvalue weighted by atomic mass is 10.3. The normalized spacial score (nSPS) is 10.1. The Bertz CT molecular complexity index is 265. The van der Waals surface area contributed by atoms with E-state index in [-0.39, 0.29) is 6.61 Å². The molecule has 0 spiro atoms. The molecule has 5 N–H and O–H groups in total. The van der Waals surface area contributed by atoms with E-state index < -0.39 is 0 Å². The fourth-order valence-corrected chi connectivity index (χ4v) is 1.60.